The lowest BCUT2D eigenvalue weighted by molar-refractivity contribution is 0.582. The van der Waals surface area contributed by atoms with Gasteiger partial charge in [-0.05, 0) is 30.7 Å². The van der Waals surface area contributed by atoms with Crippen molar-refractivity contribution in [1.82, 2.24) is 29.6 Å². The predicted octanol–water partition coefficient (Wildman–Crippen LogP) is 3.78. The van der Waals surface area contributed by atoms with Crippen molar-refractivity contribution >= 4 is 33.6 Å². The van der Waals surface area contributed by atoms with Crippen molar-refractivity contribution in [3.63, 3.8) is 0 Å². The number of para-hydroxylation sites is 1. The molecule has 3 N–H and O–H groups in total. The molecule has 0 saturated heterocycles. The molecule has 1 atom stereocenters. The summed E-state index contributed by atoms with van der Waals surface area (Å²) in [6.45, 7) is 1.91. The van der Waals surface area contributed by atoms with E-state index in [4.69, 9.17) is 4.98 Å². The third kappa shape index (κ3) is 3.84. The molecule has 0 aliphatic heterocycles. The highest BCUT2D eigenvalue weighted by atomic mass is 19.1. The molecule has 11 heteroatoms. The Balaban J connectivity index is 1.65. The minimum Gasteiger partial charge on any atom is -0.358 e. The summed E-state index contributed by atoms with van der Waals surface area (Å²) in [7, 11) is 0. The number of anilines is 2. The zero-order valence-electron chi connectivity index (χ0n) is 17.4. The number of aromatic nitrogens is 6. The second-order valence-electron chi connectivity index (χ2n) is 7.32. The molecule has 9 nitrogen and oxygen atoms in total. The van der Waals surface area contributed by atoms with Crippen LogP contribution in [0.2, 0.25) is 0 Å². The second kappa shape index (κ2) is 8.26. The fourth-order valence-corrected chi connectivity index (χ4v) is 3.62. The molecule has 0 amide bonds. The maximum absolute atomic E-state index is 13.8. The SMILES string of the molecule is CCC(Nc1ncnc2[nH]cnc12)c1nc2ccccc2c(=O)n1Nc1cc(F)cc(F)c1. The van der Waals surface area contributed by atoms with Gasteiger partial charge in [0.25, 0.3) is 5.56 Å². The van der Waals surface area contributed by atoms with Crippen LogP contribution in [0, 0.1) is 11.6 Å². The maximum Gasteiger partial charge on any atom is 0.280 e. The van der Waals surface area contributed by atoms with Crippen molar-refractivity contribution in [2.24, 2.45) is 0 Å². The van der Waals surface area contributed by atoms with E-state index < -0.39 is 23.2 Å². The quantitative estimate of drug-likeness (QED) is 0.362. The first-order chi connectivity index (χ1) is 16.0. The molecule has 3 aromatic heterocycles. The van der Waals surface area contributed by atoms with Crippen molar-refractivity contribution in [3.05, 3.63) is 82.9 Å². The molecule has 166 valence electrons. The lowest BCUT2D eigenvalue weighted by Crippen LogP contribution is -2.34. The summed E-state index contributed by atoms with van der Waals surface area (Å²) >= 11 is 0. The molecule has 0 saturated carbocycles. The number of hydrogen-bond acceptors (Lipinski definition) is 7. The average Bonchev–Trinajstić information content (AvgIpc) is 3.28. The highest BCUT2D eigenvalue weighted by molar-refractivity contribution is 5.82. The van der Waals surface area contributed by atoms with E-state index in [-0.39, 0.29) is 5.69 Å². The molecule has 0 spiro atoms. The van der Waals surface area contributed by atoms with Crippen LogP contribution in [0.4, 0.5) is 20.3 Å². The Morgan fingerprint density at radius 2 is 1.88 bits per heavy atom. The zero-order valence-corrected chi connectivity index (χ0v) is 17.4. The van der Waals surface area contributed by atoms with Crippen LogP contribution in [0.15, 0.2) is 59.9 Å². The van der Waals surface area contributed by atoms with Crippen molar-refractivity contribution in [3.8, 4) is 0 Å². The molecule has 0 aliphatic carbocycles. The summed E-state index contributed by atoms with van der Waals surface area (Å²) < 4.78 is 28.8. The van der Waals surface area contributed by atoms with Gasteiger partial charge < -0.3 is 10.3 Å². The number of imidazole rings is 1. The summed E-state index contributed by atoms with van der Waals surface area (Å²) in [5, 5.41) is 3.63. The Bertz CT molecular complexity index is 1510. The van der Waals surface area contributed by atoms with Gasteiger partial charge in [0.15, 0.2) is 17.3 Å². The zero-order chi connectivity index (χ0) is 22.9. The van der Waals surface area contributed by atoms with E-state index in [1.54, 1.807) is 24.3 Å². The van der Waals surface area contributed by atoms with Crippen LogP contribution < -0.4 is 16.3 Å². The average molecular weight is 448 g/mol. The summed E-state index contributed by atoms with van der Waals surface area (Å²) in [5.41, 5.74) is 4.06. The fraction of sp³-hybridized carbons (Fsp3) is 0.136. The van der Waals surface area contributed by atoms with Gasteiger partial charge in [-0.25, -0.2) is 33.4 Å². The first kappa shape index (κ1) is 20.5. The first-order valence-corrected chi connectivity index (χ1v) is 10.2. The molecule has 0 aliphatic rings. The summed E-state index contributed by atoms with van der Waals surface area (Å²) in [4.78, 5) is 33.6. The third-order valence-electron chi connectivity index (χ3n) is 5.15. The Morgan fingerprint density at radius 1 is 1.09 bits per heavy atom. The molecule has 1 unspecified atom stereocenters. The van der Waals surface area contributed by atoms with Gasteiger partial charge in [-0.3, -0.25) is 10.2 Å². The van der Waals surface area contributed by atoms with Crippen LogP contribution in [0.3, 0.4) is 0 Å². The molecule has 0 fully saturated rings. The molecule has 0 radical (unpaired) electrons. The van der Waals surface area contributed by atoms with Gasteiger partial charge in [0.05, 0.1) is 29.0 Å². The lowest BCUT2D eigenvalue weighted by Gasteiger charge is -2.22. The van der Waals surface area contributed by atoms with E-state index in [1.807, 2.05) is 6.92 Å². The van der Waals surface area contributed by atoms with Crippen LogP contribution in [-0.4, -0.2) is 29.6 Å². The van der Waals surface area contributed by atoms with E-state index in [0.717, 1.165) is 18.2 Å². The number of nitrogens with zero attached hydrogens (tertiary/aromatic N) is 5. The largest absolute Gasteiger partial charge is 0.358 e. The molecule has 33 heavy (non-hydrogen) atoms. The number of nitrogens with one attached hydrogen (secondary N) is 3. The number of halogens is 2. The van der Waals surface area contributed by atoms with Gasteiger partial charge >= 0.3 is 0 Å². The first-order valence-electron chi connectivity index (χ1n) is 10.2. The Kier molecular flexibility index (Phi) is 5.13. The molecule has 0 bridgehead atoms. The van der Waals surface area contributed by atoms with Crippen LogP contribution in [0.1, 0.15) is 25.2 Å². The summed E-state index contributed by atoms with van der Waals surface area (Å²) in [5.74, 6) is -0.770. The highest BCUT2D eigenvalue weighted by Gasteiger charge is 2.21. The van der Waals surface area contributed by atoms with E-state index in [0.29, 0.717) is 40.1 Å². The molecular weight excluding hydrogens is 430 g/mol. The second-order valence-corrected chi connectivity index (χ2v) is 7.32. The van der Waals surface area contributed by atoms with Crippen LogP contribution in [0.25, 0.3) is 22.1 Å². The predicted molar refractivity (Wildman–Crippen MR) is 120 cm³/mol. The van der Waals surface area contributed by atoms with Crippen molar-refractivity contribution in [2.45, 2.75) is 19.4 Å². The van der Waals surface area contributed by atoms with Gasteiger partial charge in [0.2, 0.25) is 0 Å². The molecule has 5 aromatic rings. The van der Waals surface area contributed by atoms with Crippen LogP contribution in [0.5, 0.6) is 0 Å². The number of aromatic amines is 1. The Morgan fingerprint density at radius 3 is 2.67 bits per heavy atom. The number of fused-ring (bicyclic) bond motifs is 2. The van der Waals surface area contributed by atoms with Gasteiger partial charge in [-0.2, -0.15) is 0 Å². The lowest BCUT2D eigenvalue weighted by atomic mass is 10.1. The monoisotopic (exact) mass is 448 g/mol. The third-order valence-corrected chi connectivity index (χ3v) is 5.15. The van der Waals surface area contributed by atoms with E-state index >= 15 is 0 Å². The number of H-pyrrole nitrogens is 1. The normalized spacial score (nSPS) is 12.2. The molecule has 2 aromatic carbocycles. The number of hydrogen-bond donors (Lipinski definition) is 3. The van der Waals surface area contributed by atoms with E-state index in [9.17, 15) is 13.6 Å². The number of rotatable bonds is 6. The minimum atomic E-state index is -0.770. The van der Waals surface area contributed by atoms with Crippen molar-refractivity contribution in [2.75, 3.05) is 10.7 Å². The summed E-state index contributed by atoms with van der Waals surface area (Å²) in [6, 6.07) is 9.34. The molecule has 5 rings (SSSR count). The van der Waals surface area contributed by atoms with Crippen LogP contribution >= 0.6 is 0 Å². The molecule has 3 heterocycles. The maximum atomic E-state index is 13.8. The van der Waals surface area contributed by atoms with Crippen molar-refractivity contribution < 1.29 is 8.78 Å². The van der Waals surface area contributed by atoms with E-state index in [2.05, 4.69) is 30.7 Å². The standard InChI is InChI=1S/C22H18F2N8O/c1-2-16(29-20-18-19(26-10-25-18)27-11-28-20)21-30-17-6-4-3-5-15(17)22(33)32(21)31-14-8-12(23)7-13(24)9-14/h3-11,16,31H,2H2,1H3,(H2,25,26,27,28,29). The van der Waals surface area contributed by atoms with Crippen LogP contribution in [-0.2, 0) is 0 Å². The smallest absolute Gasteiger partial charge is 0.280 e. The molecular formula is C22H18F2N8O. The Labute approximate surface area is 185 Å². The van der Waals surface area contributed by atoms with Gasteiger partial charge in [-0.15, -0.1) is 0 Å². The van der Waals surface area contributed by atoms with Gasteiger partial charge in [-0.1, -0.05) is 19.1 Å². The fourth-order valence-electron chi connectivity index (χ4n) is 3.62. The summed E-state index contributed by atoms with van der Waals surface area (Å²) in [6.07, 6.45) is 3.42. The van der Waals surface area contributed by atoms with Gasteiger partial charge in [0.1, 0.15) is 23.5 Å². The highest BCUT2D eigenvalue weighted by Crippen LogP contribution is 2.25. The number of benzene rings is 2. The minimum absolute atomic E-state index is 0.0690. The topological polar surface area (TPSA) is 113 Å². The van der Waals surface area contributed by atoms with Gasteiger partial charge in [0, 0.05) is 6.07 Å². The Hall–Kier alpha value is -4.41. The van der Waals surface area contributed by atoms with E-state index in [1.165, 1.54) is 17.3 Å². The van der Waals surface area contributed by atoms with Crippen molar-refractivity contribution in [1.29, 1.82) is 0 Å².